The molecule has 1 aliphatic rings. The smallest absolute Gasteiger partial charge is 0.151 e. The summed E-state index contributed by atoms with van der Waals surface area (Å²) in [6.07, 6.45) is 5.69. The Labute approximate surface area is 255 Å². The lowest BCUT2D eigenvalue weighted by molar-refractivity contribution is 0.0336. The second-order valence-corrected chi connectivity index (χ2v) is 10.1. The summed E-state index contributed by atoms with van der Waals surface area (Å²) >= 11 is 17.5. The minimum Gasteiger partial charge on any atom is -0.486 e. The molecule has 0 amide bonds. The molecule has 5 rings (SSSR count). The van der Waals surface area contributed by atoms with E-state index in [1.165, 1.54) is 18.5 Å². The fourth-order valence-electron chi connectivity index (χ4n) is 4.14. The van der Waals surface area contributed by atoms with Crippen LogP contribution >= 0.6 is 34.8 Å². The van der Waals surface area contributed by atoms with Gasteiger partial charge in [-0.25, -0.2) is 4.39 Å². The van der Waals surface area contributed by atoms with E-state index in [4.69, 9.17) is 44.3 Å². The Kier molecular flexibility index (Phi) is 13.3. The van der Waals surface area contributed by atoms with Crippen molar-refractivity contribution in [2.45, 2.75) is 40.3 Å². The maximum absolute atomic E-state index is 15.3. The van der Waals surface area contributed by atoms with E-state index in [1.807, 2.05) is 39.8 Å². The van der Waals surface area contributed by atoms with E-state index in [2.05, 4.69) is 25.1 Å². The predicted molar refractivity (Wildman–Crippen MR) is 166 cm³/mol. The molecule has 11 heteroatoms. The number of rotatable bonds is 7. The summed E-state index contributed by atoms with van der Waals surface area (Å²) in [5, 5.41) is 8.48. The van der Waals surface area contributed by atoms with Crippen LogP contribution < -0.4 is 4.74 Å². The van der Waals surface area contributed by atoms with Crippen LogP contribution in [0.25, 0.3) is 22.8 Å². The average Bonchev–Trinajstić information content (AvgIpc) is 3.40. The van der Waals surface area contributed by atoms with Crippen LogP contribution in [0.2, 0.25) is 10.0 Å². The van der Waals surface area contributed by atoms with Crippen LogP contribution in [-0.2, 0) is 11.3 Å². The van der Waals surface area contributed by atoms with Crippen molar-refractivity contribution in [3.63, 3.8) is 0 Å². The van der Waals surface area contributed by atoms with Crippen molar-refractivity contribution >= 4 is 57.6 Å². The number of aromatic amines is 1. The number of halogens is 4. The molecule has 1 aliphatic heterocycles. The minimum atomic E-state index is -0.477. The van der Waals surface area contributed by atoms with Crippen molar-refractivity contribution in [2.75, 3.05) is 32.2 Å². The SMILES string of the molecule is CC.CCCl.C[C@@H](Oc1ccc2[nH]nc(/C(F)=C/c3ccc(CN4CCOCC4)nc3)c2c1)c1c(Cl)cncc1Cl. The first-order valence-electron chi connectivity index (χ1n) is 13.5. The highest BCUT2D eigenvalue weighted by Crippen LogP contribution is 2.34. The third-order valence-corrected chi connectivity index (χ3v) is 6.60. The molecule has 41 heavy (non-hydrogen) atoms. The summed E-state index contributed by atoms with van der Waals surface area (Å²) in [5.74, 6) is 0.776. The van der Waals surface area contributed by atoms with Gasteiger partial charge in [0.2, 0.25) is 0 Å². The summed E-state index contributed by atoms with van der Waals surface area (Å²) in [7, 11) is 0. The third-order valence-electron chi connectivity index (χ3n) is 6.00. The lowest BCUT2D eigenvalue weighted by atomic mass is 10.1. The zero-order valence-electron chi connectivity index (χ0n) is 23.6. The topological polar surface area (TPSA) is 76.2 Å². The fourth-order valence-corrected chi connectivity index (χ4v) is 4.81. The molecule has 3 aromatic heterocycles. The lowest BCUT2D eigenvalue weighted by Crippen LogP contribution is -2.35. The highest BCUT2D eigenvalue weighted by Gasteiger charge is 2.18. The van der Waals surface area contributed by atoms with Gasteiger partial charge in [0.1, 0.15) is 17.5 Å². The molecule has 0 spiro atoms. The van der Waals surface area contributed by atoms with Gasteiger partial charge in [-0.3, -0.25) is 20.0 Å². The molecule has 0 radical (unpaired) electrons. The Morgan fingerprint density at radius 1 is 1.12 bits per heavy atom. The fraction of sp³-hybridized carbons (Fsp3) is 0.367. The number of hydrogen-bond acceptors (Lipinski definition) is 6. The summed E-state index contributed by atoms with van der Waals surface area (Å²) in [6.45, 7) is 11.7. The number of aromatic nitrogens is 4. The number of morpholine rings is 1. The zero-order valence-corrected chi connectivity index (χ0v) is 25.9. The Hall–Kier alpha value is -2.75. The molecule has 4 aromatic rings. The van der Waals surface area contributed by atoms with Crippen LogP contribution in [-0.4, -0.2) is 57.2 Å². The third kappa shape index (κ3) is 9.12. The molecule has 4 heterocycles. The van der Waals surface area contributed by atoms with Crippen molar-refractivity contribution in [3.05, 3.63) is 81.5 Å². The first kappa shape index (κ1) is 32.8. The Bertz CT molecular complexity index is 1390. The van der Waals surface area contributed by atoms with Crippen molar-refractivity contribution in [1.82, 2.24) is 25.1 Å². The molecule has 0 bridgehead atoms. The molecule has 1 atom stereocenters. The highest BCUT2D eigenvalue weighted by molar-refractivity contribution is 6.35. The van der Waals surface area contributed by atoms with Crippen LogP contribution in [0.3, 0.4) is 0 Å². The molecule has 0 saturated carbocycles. The largest absolute Gasteiger partial charge is 0.486 e. The molecule has 7 nitrogen and oxygen atoms in total. The van der Waals surface area contributed by atoms with Crippen LogP contribution in [0.4, 0.5) is 4.39 Å². The number of H-pyrrole nitrogens is 1. The van der Waals surface area contributed by atoms with Crippen molar-refractivity contribution in [2.24, 2.45) is 0 Å². The van der Waals surface area contributed by atoms with Gasteiger partial charge in [-0.05, 0) is 42.8 Å². The van der Waals surface area contributed by atoms with Crippen LogP contribution in [0.1, 0.15) is 56.3 Å². The molecular weight excluding hydrogens is 588 g/mol. The summed E-state index contributed by atoms with van der Waals surface area (Å²) in [6, 6.07) is 9.09. The van der Waals surface area contributed by atoms with Crippen LogP contribution in [0, 0.1) is 0 Å². The van der Waals surface area contributed by atoms with Crippen LogP contribution in [0.15, 0.2) is 48.9 Å². The maximum atomic E-state index is 15.3. The number of benzene rings is 1. The van der Waals surface area contributed by atoms with Gasteiger partial charge in [-0.2, -0.15) is 5.10 Å². The summed E-state index contributed by atoms with van der Waals surface area (Å²) in [4.78, 5) is 10.8. The van der Waals surface area contributed by atoms with E-state index in [1.54, 1.807) is 24.4 Å². The monoisotopic (exact) mass is 621 g/mol. The summed E-state index contributed by atoms with van der Waals surface area (Å²) < 4.78 is 26.7. The van der Waals surface area contributed by atoms with E-state index in [0.717, 1.165) is 44.4 Å². The van der Waals surface area contributed by atoms with Gasteiger partial charge in [0.05, 0.1) is 34.5 Å². The van der Waals surface area contributed by atoms with Gasteiger partial charge in [-0.15, -0.1) is 11.6 Å². The molecular formula is C30H35Cl3FN5O2. The van der Waals surface area contributed by atoms with Crippen molar-refractivity contribution in [3.8, 4) is 5.75 Å². The Morgan fingerprint density at radius 3 is 2.44 bits per heavy atom. The van der Waals surface area contributed by atoms with Crippen molar-refractivity contribution in [1.29, 1.82) is 0 Å². The van der Waals surface area contributed by atoms with Gasteiger partial charge < -0.3 is 9.47 Å². The number of ether oxygens (including phenoxy) is 2. The standard InChI is InChI=1S/C26H24Cl2FN5O2.C2H5Cl.C2H6/c1-16(25-21(27)13-30-14-22(25)28)36-19-4-5-24-20(11-19)26(33-32-24)23(29)10-17-2-3-18(31-12-17)15-34-6-8-35-9-7-34;1-2-3;1-2/h2-5,10-14,16H,6-9,15H2,1H3,(H,32,33);2H2,1H3;1-2H3/b23-10-;;/t16-;;/m1../s1. The first-order chi connectivity index (χ1) is 19.9. The number of nitrogens with one attached hydrogen (secondary N) is 1. The molecule has 0 aliphatic carbocycles. The Balaban J connectivity index is 0.000000868. The molecule has 1 saturated heterocycles. The number of fused-ring (bicyclic) bond motifs is 1. The number of pyridine rings is 2. The van der Waals surface area contributed by atoms with Gasteiger partial charge in [0.25, 0.3) is 0 Å². The molecule has 1 N–H and O–H groups in total. The minimum absolute atomic E-state index is 0.195. The molecule has 0 unspecified atom stereocenters. The first-order valence-corrected chi connectivity index (χ1v) is 14.8. The normalized spacial score (nSPS) is 14.5. The van der Waals surface area contributed by atoms with Crippen molar-refractivity contribution < 1.29 is 13.9 Å². The van der Waals surface area contributed by atoms with Gasteiger partial charge in [0, 0.05) is 55.1 Å². The lowest BCUT2D eigenvalue weighted by Gasteiger charge is -2.26. The number of nitrogens with zero attached hydrogens (tertiary/aromatic N) is 4. The number of alkyl halides is 1. The van der Waals surface area contributed by atoms with E-state index >= 15 is 4.39 Å². The van der Waals surface area contributed by atoms with E-state index in [9.17, 15) is 0 Å². The van der Waals surface area contributed by atoms with Gasteiger partial charge in [-0.1, -0.05) is 50.0 Å². The Morgan fingerprint density at radius 2 is 1.80 bits per heavy atom. The highest BCUT2D eigenvalue weighted by atomic mass is 35.5. The van der Waals surface area contributed by atoms with E-state index < -0.39 is 11.9 Å². The number of hydrogen-bond donors (Lipinski definition) is 1. The molecule has 1 aromatic carbocycles. The second kappa shape index (κ2) is 16.6. The molecule has 220 valence electrons. The predicted octanol–water partition coefficient (Wildman–Crippen LogP) is 8.37. The van der Waals surface area contributed by atoms with Gasteiger partial charge >= 0.3 is 0 Å². The van der Waals surface area contributed by atoms with Crippen LogP contribution in [0.5, 0.6) is 5.75 Å². The maximum Gasteiger partial charge on any atom is 0.151 e. The van der Waals surface area contributed by atoms with E-state index in [-0.39, 0.29) is 5.69 Å². The second-order valence-electron chi connectivity index (χ2n) is 8.79. The van der Waals surface area contributed by atoms with E-state index in [0.29, 0.717) is 37.8 Å². The quantitative estimate of drug-likeness (QED) is 0.209. The zero-order chi connectivity index (χ0) is 29.8. The molecule has 1 fully saturated rings. The summed E-state index contributed by atoms with van der Waals surface area (Å²) in [5.41, 5.74) is 3.10. The average molecular weight is 623 g/mol. The van der Waals surface area contributed by atoms with Gasteiger partial charge in [0.15, 0.2) is 5.83 Å².